The van der Waals surface area contributed by atoms with E-state index in [0.29, 0.717) is 37.8 Å². The van der Waals surface area contributed by atoms with E-state index < -0.39 is 11.7 Å². The molecule has 2 aliphatic rings. The van der Waals surface area contributed by atoms with Crippen molar-refractivity contribution < 1.29 is 18.0 Å². The van der Waals surface area contributed by atoms with Gasteiger partial charge in [-0.15, -0.1) is 0 Å². The summed E-state index contributed by atoms with van der Waals surface area (Å²) in [6, 6.07) is 11.2. The third kappa shape index (κ3) is 6.82. The van der Waals surface area contributed by atoms with Gasteiger partial charge < -0.3 is 15.1 Å². The van der Waals surface area contributed by atoms with Crippen molar-refractivity contribution in [2.24, 2.45) is 5.92 Å². The third-order valence-electron chi connectivity index (χ3n) is 7.27. The highest BCUT2D eigenvalue weighted by atomic mass is 35.5. The first-order valence-corrected chi connectivity index (χ1v) is 12.8. The zero-order valence-corrected chi connectivity index (χ0v) is 21.2. The normalized spacial score (nSPS) is 19.5. The fourth-order valence-electron chi connectivity index (χ4n) is 5.02. The van der Waals surface area contributed by atoms with Crippen molar-refractivity contribution in [3.63, 3.8) is 0 Å². The molecule has 0 saturated carbocycles. The number of rotatable bonds is 7. The number of anilines is 1. The number of urea groups is 1. The van der Waals surface area contributed by atoms with Gasteiger partial charge in [0.1, 0.15) is 5.82 Å². The lowest BCUT2D eigenvalue weighted by molar-refractivity contribution is -0.137. The van der Waals surface area contributed by atoms with Crippen LogP contribution in [0.1, 0.15) is 36.8 Å². The van der Waals surface area contributed by atoms with E-state index in [1.54, 1.807) is 11.9 Å². The van der Waals surface area contributed by atoms with Crippen molar-refractivity contribution in [3.05, 3.63) is 58.7 Å². The average molecular weight is 524 g/mol. The van der Waals surface area contributed by atoms with Crippen LogP contribution in [0.25, 0.3) is 0 Å². The maximum Gasteiger partial charge on any atom is 0.417 e. The minimum Gasteiger partial charge on any atom is -0.353 e. The van der Waals surface area contributed by atoms with Crippen LogP contribution in [0.15, 0.2) is 42.6 Å². The lowest BCUT2D eigenvalue weighted by Gasteiger charge is -2.32. The molecular weight excluding hydrogens is 491 g/mol. The number of halogens is 4. The number of carbonyl (C=O) groups is 1. The van der Waals surface area contributed by atoms with Gasteiger partial charge in [0.05, 0.1) is 16.6 Å². The Morgan fingerprint density at radius 1 is 1.17 bits per heavy atom. The Bertz CT molecular complexity index is 1010. The number of amides is 2. The summed E-state index contributed by atoms with van der Waals surface area (Å²) >= 11 is 6.10. The summed E-state index contributed by atoms with van der Waals surface area (Å²) in [5, 5.41) is 3.00. The minimum atomic E-state index is -4.49. The van der Waals surface area contributed by atoms with Crippen molar-refractivity contribution in [2.45, 2.75) is 44.4 Å². The highest BCUT2D eigenvalue weighted by Gasteiger charge is 2.34. The van der Waals surface area contributed by atoms with Gasteiger partial charge in [-0.05, 0) is 56.3 Å². The highest BCUT2D eigenvalue weighted by molar-refractivity contribution is 6.33. The van der Waals surface area contributed by atoms with Crippen LogP contribution < -0.4 is 10.2 Å². The Morgan fingerprint density at radius 2 is 1.89 bits per heavy atom. The number of aromatic nitrogens is 1. The molecule has 0 radical (unpaired) electrons. The van der Waals surface area contributed by atoms with Gasteiger partial charge in [0.25, 0.3) is 0 Å². The number of benzene rings is 1. The number of nitrogens with one attached hydrogen (secondary N) is 1. The zero-order chi connectivity index (χ0) is 25.7. The molecule has 4 rings (SSSR count). The van der Waals surface area contributed by atoms with Gasteiger partial charge in [0.15, 0.2) is 0 Å². The predicted molar refractivity (Wildman–Crippen MR) is 135 cm³/mol. The Hall–Kier alpha value is -2.52. The van der Waals surface area contributed by atoms with Crippen molar-refractivity contribution in [3.8, 4) is 0 Å². The van der Waals surface area contributed by atoms with Gasteiger partial charge >= 0.3 is 12.2 Å². The van der Waals surface area contributed by atoms with Gasteiger partial charge in [-0.25, -0.2) is 9.78 Å². The summed E-state index contributed by atoms with van der Waals surface area (Å²) in [6.45, 7) is 4.82. The molecule has 36 heavy (non-hydrogen) atoms. The lowest BCUT2D eigenvalue weighted by Crippen LogP contribution is -2.45. The lowest BCUT2D eigenvalue weighted by atomic mass is 9.93. The van der Waals surface area contributed by atoms with Gasteiger partial charge in [-0.2, -0.15) is 13.2 Å². The second kappa shape index (κ2) is 11.7. The van der Waals surface area contributed by atoms with Crippen LogP contribution in [-0.2, 0) is 12.7 Å². The molecule has 1 aromatic heterocycles. The van der Waals surface area contributed by atoms with Gasteiger partial charge in [0.2, 0.25) is 0 Å². The Morgan fingerprint density at radius 3 is 2.56 bits per heavy atom. The predicted octanol–water partition coefficient (Wildman–Crippen LogP) is 5.28. The van der Waals surface area contributed by atoms with Gasteiger partial charge in [0, 0.05) is 39.4 Å². The standard InChI is InChI=1S/C26H33ClF3N5O/c1-33(22-10-14-35(18-22)24-23(27)15-21(16-32-24)26(28,29)30)25(36)31-11-7-19-8-12-34(13-9-19)17-20-5-3-2-4-6-20/h2-6,15-16,19,22H,7-14,17-18H2,1H3,(H,31,36). The van der Waals surface area contributed by atoms with Crippen molar-refractivity contribution in [1.29, 1.82) is 0 Å². The topological polar surface area (TPSA) is 51.7 Å². The zero-order valence-electron chi connectivity index (χ0n) is 20.5. The number of piperidine rings is 1. The molecule has 2 amide bonds. The summed E-state index contributed by atoms with van der Waals surface area (Å²) < 4.78 is 38.7. The summed E-state index contributed by atoms with van der Waals surface area (Å²) in [7, 11) is 1.76. The monoisotopic (exact) mass is 523 g/mol. The number of pyridine rings is 1. The first kappa shape index (κ1) is 26.5. The van der Waals surface area contributed by atoms with Crippen LogP contribution >= 0.6 is 11.6 Å². The number of alkyl halides is 3. The van der Waals surface area contributed by atoms with Crippen LogP contribution in [0.5, 0.6) is 0 Å². The maximum absolute atomic E-state index is 12.9. The number of likely N-dealkylation sites (N-methyl/N-ethyl adjacent to an activating group) is 1. The number of carbonyl (C=O) groups excluding carboxylic acids is 1. The molecule has 2 saturated heterocycles. The second-order valence-electron chi connectivity index (χ2n) is 9.75. The van der Waals surface area contributed by atoms with Crippen LogP contribution in [0.4, 0.5) is 23.8 Å². The summed E-state index contributed by atoms with van der Waals surface area (Å²) in [5.41, 5.74) is 0.471. The molecule has 2 aliphatic heterocycles. The Balaban J connectivity index is 1.17. The van der Waals surface area contributed by atoms with E-state index in [-0.39, 0.29) is 17.1 Å². The molecule has 6 nitrogen and oxygen atoms in total. The van der Waals surface area contributed by atoms with Crippen LogP contribution in [-0.4, -0.2) is 66.6 Å². The summed E-state index contributed by atoms with van der Waals surface area (Å²) in [4.78, 5) is 22.7. The molecule has 3 heterocycles. The number of hydrogen-bond acceptors (Lipinski definition) is 4. The minimum absolute atomic E-state index is 0.0348. The average Bonchev–Trinajstić information content (AvgIpc) is 3.34. The van der Waals surface area contributed by atoms with E-state index in [9.17, 15) is 18.0 Å². The molecular formula is C26H33ClF3N5O. The number of hydrogen-bond donors (Lipinski definition) is 1. The number of likely N-dealkylation sites (tertiary alicyclic amines) is 1. The molecule has 1 aromatic carbocycles. The molecule has 2 fully saturated rings. The van der Waals surface area contributed by atoms with Crippen molar-refractivity contribution in [2.75, 3.05) is 44.7 Å². The van der Waals surface area contributed by atoms with E-state index in [2.05, 4.69) is 39.5 Å². The molecule has 10 heteroatoms. The highest BCUT2D eigenvalue weighted by Crippen LogP contribution is 2.34. The van der Waals surface area contributed by atoms with E-state index in [1.165, 1.54) is 5.56 Å². The Kier molecular flexibility index (Phi) is 8.62. The first-order chi connectivity index (χ1) is 17.2. The largest absolute Gasteiger partial charge is 0.417 e. The van der Waals surface area contributed by atoms with Crippen molar-refractivity contribution in [1.82, 2.24) is 20.1 Å². The van der Waals surface area contributed by atoms with Crippen molar-refractivity contribution >= 4 is 23.4 Å². The molecule has 1 atom stereocenters. The third-order valence-corrected chi connectivity index (χ3v) is 7.54. The Labute approximate surface area is 215 Å². The van der Waals surface area contributed by atoms with E-state index in [0.717, 1.165) is 51.2 Å². The molecule has 2 aromatic rings. The van der Waals surface area contributed by atoms with Crippen LogP contribution in [0, 0.1) is 5.92 Å². The van der Waals surface area contributed by atoms with Crippen LogP contribution in [0.2, 0.25) is 5.02 Å². The second-order valence-corrected chi connectivity index (χ2v) is 10.2. The molecule has 0 bridgehead atoms. The molecule has 1 N–H and O–H groups in total. The number of nitrogens with zero attached hydrogens (tertiary/aromatic N) is 4. The van der Waals surface area contributed by atoms with E-state index in [1.807, 2.05) is 11.0 Å². The summed E-state index contributed by atoms with van der Waals surface area (Å²) in [5.74, 6) is 0.928. The summed E-state index contributed by atoms with van der Waals surface area (Å²) in [6.07, 6.45) is 0.245. The molecule has 0 spiro atoms. The SMILES string of the molecule is CN(C(=O)NCCC1CCN(Cc2ccccc2)CC1)C1CCN(c2ncc(C(F)(F)F)cc2Cl)C1. The van der Waals surface area contributed by atoms with Crippen LogP contribution in [0.3, 0.4) is 0 Å². The van der Waals surface area contributed by atoms with Gasteiger partial charge in [-0.1, -0.05) is 41.9 Å². The first-order valence-electron chi connectivity index (χ1n) is 12.5. The smallest absolute Gasteiger partial charge is 0.353 e. The molecule has 196 valence electrons. The molecule has 1 unspecified atom stereocenters. The van der Waals surface area contributed by atoms with E-state index in [4.69, 9.17) is 11.6 Å². The van der Waals surface area contributed by atoms with Gasteiger partial charge in [-0.3, -0.25) is 4.90 Å². The maximum atomic E-state index is 12.9. The fourth-order valence-corrected chi connectivity index (χ4v) is 5.30. The van der Waals surface area contributed by atoms with E-state index >= 15 is 0 Å². The molecule has 0 aliphatic carbocycles. The quantitative estimate of drug-likeness (QED) is 0.537. The fraction of sp³-hybridized carbons (Fsp3) is 0.538.